The lowest BCUT2D eigenvalue weighted by Crippen LogP contribution is -2.37. The number of anilines is 2. The molecule has 4 aromatic carbocycles. The van der Waals surface area contributed by atoms with Gasteiger partial charge in [0, 0.05) is 55.2 Å². The number of hydrogen-bond acceptors (Lipinski definition) is 9. The highest BCUT2D eigenvalue weighted by Gasteiger charge is 2.38. The van der Waals surface area contributed by atoms with E-state index in [1.807, 2.05) is 64.7 Å². The van der Waals surface area contributed by atoms with Crippen LogP contribution in [0.25, 0.3) is 0 Å². The van der Waals surface area contributed by atoms with E-state index in [0.717, 1.165) is 47.5 Å². The van der Waals surface area contributed by atoms with Crippen LogP contribution in [0.2, 0.25) is 0 Å². The number of fused-ring (bicyclic) bond motifs is 8. The maximum Gasteiger partial charge on any atom is 0.261 e. The van der Waals surface area contributed by atoms with Gasteiger partial charge >= 0.3 is 0 Å². The van der Waals surface area contributed by atoms with Crippen LogP contribution in [0.4, 0.5) is 22.7 Å². The van der Waals surface area contributed by atoms with E-state index < -0.39 is 0 Å². The fourth-order valence-electron chi connectivity index (χ4n) is 7.73. The Kier molecular flexibility index (Phi) is 9.71. The number of methoxy groups -OCH3 is 2. The molecular formula is C44H46N4O7. The van der Waals surface area contributed by atoms with Crippen LogP contribution in [0.3, 0.4) is 0 Å². The summed E-state index contributed by atoms with van der Waals surface area (Å²) >= 11 is 0. The zero-order chi connectivity index (χ0) is 38.3. The summed E-state index contributed by atoms with van der Waals surface area (Å²) in [6, 6.07) is 20.5. The number of benzene rings is 4. The lowest BCUT2D eigenvalue weighted by atomic mass is 9.91. The van der Waals surface area contributed by atoms with E-state index in [1.165, 1.54) is 0 Å². The van der Waals surface area contributed by atoms with Crippen LogP contribution in [0, 0.1) is 5.41 Å². The third kappa shape index (κ3) is 7.11. The predicted molar refractivity (Wildman–Crippen MR) is 214 cm³/mol. The Bertz CT molecular complexity index is 2210. The van der Waals surface area contributed by atoms with E-state index in [2.05, 4.69) is 20.8 Å². The van der Waals surface area contributed by atoms with E-state index >= 15 is 0 Å². The molecule has 4 aliphatic heterocycles. The number of para-hydroxylation sites is 1. The number of carbonyl (C=O) groups excluding carboxylic acids is 2. The Morgan fingerprint density at radius 3 is 1.76 bits per heavy atom. The quantitative estimate of drug-likeness (QED) is 0.134. The van der Waals surface area contributed by atoms with Crippen molar-refractivity contribution in [2.24, 2.45) is 15.4 Å². The van der Waals surface area contributed by atoms with Crippen molar-refractivity contribution in [3.05, 3.63) is 89.0 Å². The third-order valence-corrected chi connectivity index (χ3v) is 10.5. The second-order valence-corrected chi connectivity index (χ2v) is 15.5. The average Bonchev–Trinajstić information content (AvgIpc) is 3.66. The van der Waals surface area contributed by atoms with Crippen molar-refractivity contribution < 1.29 is 33.3 Å². The van der Waals surface area contributed by atoms with Crippen molar-refractivity contribution in [3.63, 3.8) is 0 Å². The van der Waals surface area contributed by atoms with Crippen molar-refractivity contribution in [1.29, 1.82) is 0 Å². The van der Waals surface area contributed by atoms with E-state index in [9.17, 15) is 9.59 Å². The van der Waals surface area contributed by atoms with Crippen LogP contribution in [0.1, 0.15) is 71.9 Å². The molecule has 4 heterocycles. The molecule has 2 amide bonds. The molecule has 11 heteroatoms. The van der Waals surface area contributed by atoms with Crippen LogP contribution in [-0.2, 0) is 12.8 Å². The highest BCUT2D eigenvalue weighted by atomic mass is 16.5. The fraction of sp³-hybridized carbons (Fsp3) is 0.364. The molecule has 8 rings (SSSR count). The standard InChI is InChI=1S/C44H46N4O7/c1-44(2,3)14-8-15-53-31-12-13-37-28(20-31)19-30-26-46-35-24-41(39(52-5)22-33(35)43(50)48(30)37)55-17-9-16-54-40-23-34-32(21-38(40)51-4)42(49)47-29(25-45-34)18-27-10-6-7-11-36(27)47/h6-7,10-13,20-26,29-30H,8-9,14-19H2,1-5H3/t29-,30-/m0/s1. The zero-order valence-corrected chi connectivity index (χ0v) is 32.0. The minimum atomic E-state index is -0.207. The van der Waals surface area contributed by atoms with Gasteiger partial charge in [0.15, 0.2) is 23.0 Å². The molecule has 0 saturated heterocycles. The average molecular weight is 743 g/mol. The second kappa shape index (κ2) is 14.8. The first-order chi connectivity index (χ1) is 26.6. The monoisotopic (exact) mass is 742 g/mol. The minimum absolute atomic E-state index is 0.117. The Morgan fingerprint density at radius 2 is 1.18 bits per heavy atom. The Morgan fingerprint density at radius 1 is 0.636 bits per heavy atom. The molecule has 0 bridgehead atoms. The summed E-state index contributed by atoms with van der Waals surface area (Å²) in [5.74, 6) is 2.43. The normalized spacial score (nSPS) is 17.7. The topological polar surface area (TPSA) is 111 Å². The minimum Gasteiger partial charge on any atom is -0.494 e. The maximum absolute atomic E-state index is 14.0. The summed E-state index contributed by atoms with van der Waals surface area (Å²) in [4.78, 5) is 40.8. The number of carbonyl (C=O) groups is 2. The van der Waals surface area contributed by atoms with Crippen LogP contribution < -0.4 is 33.5 Å². The molecule has 0 spiro atoms. The van der Waals surface area contributed by atoms with Gasteiger partial charge in [0.2, 0.25) is 0 Å². The molecule has 0 saturated carbocycles. The van der Waals surface area contributed by atoms with Gasteiger partial charge in [-0.3, -0.25) is 29.4 Å². The summed E-state index contributed by atoms with van der Waals surface area (Å²) in [5, 5.41) is 0. The van der Waals surface area contributed by atoms with Gasteiger partial charge in [-0.1, -0.05) is 39.0 Å². The van der Waals surface area contributed by atoms with Crippen molar-refractivity contribution in [1.82, 2.24) is 0 Å². The number of hydrogen-bond donors (Lipinski definition) is 0. The summed E-state index contributed by atoms with van der Waals surface area (Å²) in [5.41, 5.74) is 6.22. The van der Waals surface area contributed by atoms with Crippen molar-refractivity contribution >= 4 is 47.0 Å². The van der Waals surface area contributed by atoms with Crippen LogP contribution in [-0.4, -0.2) is 70.4 Å². The molecule has 0 radical (unpaired) electrons. The van der Waals surface area contributed by atoms with Gasteiger partial charge < -0.3 is 23.7 Å². The second-order valence-electron chi connectivity index (χ2n) is 15.5. The summed E-state index contributed by atoms with van der Waals surface area (Å²) < 4.78 is 29.7. The van der Waals surface area contributed by atoms with Crippen molar-refractivity contribution in [2.45, 2.75) is 65.0 Å². The Labute approximate surface area is 321 Å². The smallest absolute Gasteiger partial charge is 0.261 e. The van der Waals surface area contributed by atoms with Gasteiger partial charge in [0.1, 0.15) is 5.75 Å². The lowest BCUT2D eigenvalue weighted by Gasteiger charge is -2.22. The van der Waals surface area contributed by atoms with E-state index in [1.54, 1.807) is 38.5 Å². The van der Waals surface area contributed by atoms with E-state index in [4.69, 9.17) is 33.7 Å². The van der Waals surface area contributed by atoms with Crippen LogP contribution >= 0.6 is 0 Å². The largest absolute Gasteiger partial charge is 0.494 e. The molecule has 4 aliphatic rings. The zero-order valence-electron chi connectivity index (χ0n) is 32.0. The molecule has 0 aromatic heterocycles. The van der Waals surface area contributed by atoms with Crippen molar-refractivity contribution in [2.75, 3.05) is 43.8 Å². The number of nitrogens with zero attached hydrogens (tertiary/aromatic N) is 4. The first-order valence-corrected chi connectivity index (χ1v) is 18.9. The molecule has 55 heavy (non-hydrogen) atoms. The Hall–Kier alpha value is -5.84. The molecular weight excluding hydrogens is 697 g/mol. The predicted octanol–water partition coefficient (Wildman–Crippen LogP) is 8.33. The molecule has 11 nitrogen and oxygen atoms in total. The van der Waals surface area contributed by atoms with Crippen molar-refractivity contribution in [3.8, 4) is 28.7 Å². The molecule has 0 unspecified atom stereocenters. The van der Waals surface area contributed by atoms with E-state index in [-0.39, 0.29) is 29.3 Å². The van der Waals surface area contributed by atoms with Gasteiger partial charge in [0.05, 0.1) is 68.6 Å². The highest BCUT2D eigenvalue weighted by molar-refractivity contribution is 6.15. The number of rotatable bonds is 12. The summed E-state index contributed by atoms with van der Waals surface area (Å²) in [6.07, 6.45) is 7.66. The Balaban J connectivity index is 0.902. The summed E-state index contributed by atoms with van der Waals surface area (Å²) in [6.45, 7) is 8.00. The number of aliphatic imine (C=N–C) groups is 2. The van der Waals surface area contributed by atoms with Gasteiger partial charge in [0.25, 0.3) is 11.8 Å². The summed E-state index contributed by atoms with van der Waals surface area (Å²) in [7, 11) is 3.11. The van der Waals surface area contributed by atoms with Crippen LogP contribution in [0.15, 0.2) is 76.7 Å². The SMILES string of the molecule is COc1cc2c(cc1OCCCOc1cc3c(cc1OC)C(=O)N1c4ccc(OCCCC(C)(C)C)cc4C[C@H]1C=N3)N=C[C@@H]1Cc3ccccc3N1C2=O. The first-order valence-electron chi connectivity index (χ1n) is 18.9. The molecule has 284 valence electrons. The number of amides is 2. The molecule has 0 fully saturated rings. The molecule has 2 atom stereocenters. The van der Waals surface area contributed by atoms with Crippen LogP contribution in [0.5, 0.6) is 28.7 Å². The number of ether oxygens (including phenoxy) is 5. The van der Waals surface area contributed by atoms with E-state index in [0.29, 0.717) is 78.2 Å². The lowest BCUT2D eigenvalue weighted by molar-refractivity contribution is 0.0978. The highest BCUT2D eigenvalue weighted by Crippen LogP contribution is 2.43. The van der Waals surface area contributed by atoms with Gasteiger partial charge in [-0.2, -0.15) is 0 Å². The molecule has 0 aliphatic carbocycles. The van der Waals surface area contributed by atoms with Gasteiger partial charge in [-0.25, -0.2) is 0 Å². The van der Waals surface area contributed by atoms with Gasteiger partial charge in [-0.15, -0.1) is 0 Å². The fourth-order valence-corrected chi connectivity index (χ4v) is 7.73. The molecule has 0 N–H and O–H groups in total. The van der Waals surface area contributed by atoms with Gasteiger partial charge in [-0.05, 0) is 65.8 Å². The maximum atomic E-state index is 14.0. The third-order valence-electron chi connectivity index (χ3n) is 10.5. The molecule has 4 aromatic rings. The first kappa shape index (κ1) is 36.2.